The molecule has 1 aromatic carbocycles. The summed E-state index contributed by atoms with van der Waals surface area (Å²) in [6, 6.07) is 5.96. The highest BCUT2D eigenvalue weighted by Gasteiger charge is 2.29. The number of hydrogen-bond donors (Lipinski definition) is 3. The van der Waals surface area contributed by atoms with Crippen LogP contribution >= 0.6 is 0 Å². The molecule has 0 amide bonds. The molecule has 2 aromatic heterocycles. The van der Waals surface area contributed by atoms with Gasteiger partial charge < -0.3 is 15.7 Å². The van der Waals surface area contributed by atoms with Gasteiger partial charge >= 0.3 is 0 Å². The van der Waals surface area contributed by atoms with E-state index in [1.165, 1.54) is 0 Å². The summed E-state index contributed by atoms with van der Waals surface area (Å²) in [6.45, 7) is 16.0. The molecule has 1 atom stereocenters. The monoisotopic (exact) mass is 444 g/mol. The van der Waals surface area contributed by atoms with Gasteiger partial charge in [0.05, 0.1) is 34.4 Å². The van der Waals surface area contributed by atoms with Gasteiger partial charge in [-0.25, -0.2) is 15.0 Å². The van der Waals surface area contributed by atoms with Gasteiger partial charge in [-0.15, -0.1) is 5.73 Å². The van der Waals surface area contributed by atoms with Crippen LogP contribution in [0.5, 0.6) is 0 Å². The molecule has 0 saturated heterocycles. The number of aliphatic hydroxyl groups excluding tert-OH is 1. The lowest BCUT2D eigenvalue weighted by Gasteiger charge is -2.28. The molecule has 0 aliphatic rings. The number of aryl methyl sites for hydroxylation is 1. The highest BCUT2D eigenvalue weighted by atomic mass is 16.3. The number of aromatic nitrogens is 4. The van der Waals surface area contributed by atoms with Crippen LogP contribution in [0.3, 0.4) is 0 Å². The van der Waals surface area contributed by atoms with E-state index in [-0.39, 0.29) is 0 Å². The fourth-order valence-electron chi connectivity index (χ4n) is 3.54. The van der Waals surface area contributed by atoms with Crippen molar-refractivity contribution < 1.29 is 5.11 Å². The van der Waals surface area contributed by atoms with Crippen molar-refractivity contribution >= 4 is 11.6 Å². The third-order valence-corrected chi connectivity index (χ3v) is 5.86. The number of rotatable bonds is 8. The molecule has 1 unspecified atom stereocenters. The highest BCUT2D eigenvalue weighted by molar-refractivity contribution is 5.71. The number of allylic oxidation sites excluding steroid dienone is 1. The first-order valence-electron chi connectivity index (χ1n) is 11.0. The molecule has 0 saturated carbocycles. The standard InChI is InChI=1S/C26H32N6O/c1-8-22(26(6,7)23-12-13-28-25(31-23)32-24(33)9-2)30-20-11-10-19(17(4)18(20)5)21-15-27-14-16(3)29-21/h10-15,24,30,33H,1,9H2,2-7H3,(H,28,31,32). The second-order valence-corrected chi connectivity index (χ2v) is 8.59. The van der Waals surface area contributed by atoms with Crippen LogP contribution in [-0.4, -0.2) is 31.3 Å². The topological polar surface area (TPSA) is 95.9 Å². The average molecular weight is 445 g/mol. The van der Waals surface area contributed by atoms with E-state index < -0.39 is 11.6 Å². The number of hydrogen-bond acceptors (Lipinski definition) is 7. The number of aliphatic hydroxyl groups is 1. The maximum Gasteiger partial charge on any atom is 0.224 e. The molecule has 0 fully saturated rings. The molecule has 2 heterocycles. The summed E-state index contributed by atoms with van der Waals surface area (Å²) in [5.74, 6) is 0.383. The maximum atomic E-state index is 9.89. The Morgan fingerprint density at radius 1 is 1.12 bits per heavy atom. The number of nitrogens with zero attached hydrogens (tertiary/aromatic N) is 4. The molecule has 0 bridgehead atoms. The van der Waals surface area contributed by atoms with Crippen molar-refractivity contribution in [3.05, 3.63) is 77.3 Å². The zero-order valence-electron chi connectivity index (χ0n) is 20.2. The molecule has 3 rings (SSSR count). The van der Waals surface area contributed by atoms with E-state index in [9.17, 15) is 5.11 Å². The molecular weight excluding hydrogens is 412 g/mol. The molecule has 3 N–H and O–H groups in total. The smallest absolute Gasteiger partial charge is 0.224 e. The van der Waals surface area contributed by atoms with Gasteiger partial charge in [0.2, 0.25) is 5.95 Å². The van der Waals surface area contributed by atoms with E-state index in [0.29, 0.717) is 12.4 Å². The number of anilines is 2. The molecule has 7 heteroatoms. The first-order valence-corrected chi connectivity index (χ1v) is 11.0. The minimum Gasteiger partial charge on any atom is -0.374 e. The Hall–Kier alpha value is -3.54. The molecule has 0 aliphatic heterocycles. The van der Waals surface area contributed by atoms with Crippen LogP contribution in [0.4, 0.5) is 11.6 Å². The van der Waals surface area contributed by atoms with Gasteiger partial charge in [-0.1, -0.05) is 19.6 Å². The molecule has 0 spiro atoms. The number of benzene rings is 1. The Morgan fingerprint density at radius 3 is 2.55 bits per heavy atom. The zero-order chi connectivity index (χ0) is 24.2. The van der Waals surface area contributed by atoms with E-state index >= 15 is 0 Å². The first kappa shape index (κ1) is 24.1. The maximum absolute atomic E-state index is 9.89. The minimum absolute atomic E-state index is 0.383. The molecule has 33 heavy (non-hydrogen) atoms. The largest absolute Gasteiger partial charge is 0.374 e. The van der Waals surface area contributed by atoms with Crippen LogP contribution < -0.4 is 10.6 Å². The van der Waals surface area contributed by atoms with Gasteiger partial charge in [0.25, 0.3) is 0 Å². The summed E-state index contributed by atoms with van der Waals surface area (Å²) in [5.41, 5.74) is 10.1. The van der Waals surface area contributed by atoms with Gasteiger partial charge in [-0.05, 0) is 64.3 Å². The summed E-state index contributed by atoms with van der Waals surface area (Å²) in [6.07, 6.45) is 5.08. The molecule has 7 nitrogen and oxygen atoms in total. The molecule has 0 aliphatic carbocycles. The van der Waals surface area contributed by atoms with Crippen LogP contribution in [0.2, 0.25) is 0 Å². The average Bonchev–Trinajstić information content (AvgIpc) is 2.80. The van der Waals surface area contributed by atoms with Crippen molar-refractivity contribution in [3.63, 3.8) is 0 Å². The van der Waals surface area contributed by atoms with E-state index in [1.54, 1.807) is 18.6 Å². The van der Waals surface area contributed by atoms with E-state index in [2.05, 4.69) is 76.6 Å². The lowest BCUT2D eigenvalue weighted by atomic mass is 9.85. The van der Waals surface area contributed by atoms with Gasteiger partial charge in [0, 0.05) is 23.6 Å². The zero-order valence-corrected chi connectivity index (χ0v) is 20.2. The number of nitrogens with one attached hydrogen (secondary N) is 2. The van der Waals surface area contributed by atoms with Crippen LogP contribution in [-0.2, 0) is 5.41 Å². The van der Waals surface area contributed by atoms with Crippen LogP contribution in [0.25, 0.3) is 11.3 Å². The lowest BCUT2D eigenvalue weighted by Crippen LogP contribution is -2.27. The predicted molar refractivity (Wildman–Crippen MR) is 133 cm³/mol. The molecule has 172 valence electrons. The van der Waals surface area contributed by atoms with Gasteiger partial charge in [0.1, 0.15) is 6.23 Å². The van der Waals surface area contributed by atoms with Crippen molar-refractivity contribution in [3.8, 4) is 11.3 Å². The van der Waals surface area contributed by atoms with Crippen molar-refractivity contribution in [1.29, 1.82) is 0 Å². The normalized spacial score (nSPS) is 12.1. The Morgan fingerprint density at radius 2 is 1.88 bits per heavy atom. The molecule has 3 aromatic rings. The minimum atomic E-state index is -0.696. The SMILES string of the molecule is C=C=C(Nc1ccc(-c2cncc(C)n2)c(C)c1C)C(C)(C)c1ccnc(NC(O)CC)n1. The Bertz CT molecular complexity index is 1200. The van der Waals surface area contributed by atoms with E-state index in [4.69, 9.17) is 0 Å². The van der Waals surface area contributed by atoms with Gasteiger partial charge in [-0.2, -0.15) is 0 Å². The Labute approximate surface area is 195 Å². The van der Waals surface area contributed by atoms with Crippen molar-refractivity contribution in [2.75, 3.05) is 10.6 Å². The quantitative estimate of drug-likeness (QED) is 0.330. The summed E-state index contributed by atoms with van der Waals surface area (Å²) in [7, 11) is 0. The molecule has 0 radical (unpaired) electrons. The van der Waals surface area contributed by atoms with Crippen LogP contribution in [0.1, 0.15) is 49.7 Å². The lowest BCUT2D eigenvalue weighted by molar-refractivity contribution is 0.198. The fraction of sp³-hybridized carbons (Fsp3) is 0.346. The summed E-state index contributed by atoms with van der Waals surface area (Å²) >= 11 is 0. The molecular formula is C26H32N6O. The van der Waals surface area contributed by atoms with Gasteiger partial charge in [0.15, 0.2) is 0 Å². The van der Waals surface area contributed by atoms with E-state index in [1.807, 2.05) is 26.0 Å². The second kappa shape index (κ2) is 9.94. The van der Waals surface area contributed by atoms with E-state index in [0.717, 1.165) is 45.2 Å². The second-order valence-electron chi connectivity index (χ2n) is 8.59. The third-order valence-electron chi connectivity index (χ3n) is 5.86. The summed E-state index contributed by atoms with van der Waals surface area (Å²) in [4.78, 5) is 17.7. The summed E-state index contributed by atoms with van der Waals surface area (Å²) in [5, 5.41) is 16.3. The third kappa shape index (κ3) is 5.28. The Balaban J connectivity index is 1.91. The highest BCUT2D eigenvalue weighted by Crippen LogP contribution is 2.34. The predicted octanol–water partition coefficient (Wildman–Crippen LogP) is 5.06. The fourth-order valence-corrected chi connectivity index (χ4v) is 3.54. The van der Waals surface area contributed by atoms with Crippen molar-refractivity contribution in [2.24, 2.45) is 0 Å². The van der Waals surface area contributed by atoms with Gasteiger partial charge in [-0.3, -0.25) is 4.98 Å². The van der Waals surface area contributed by atoms with Crippen molar-refractivity contribution in [2.45, 2.75) is 59.6 Å². The van der Waals surface area contributed by atoms with Crippen LogP contribution in [0.15, 0.2) is 54.8 Å². The van der Waals surface area contributed by atoms with Crippen LogP contribution in [0, 0.1) is 20.8 Å². The summed E-state index contributed by atoms with van der Waals surface area (Å²) < 4.78 is 0. The van der Waals surface area contributed by atoms with Crippen molar-refractivity contribution in [1.82, 2.24) is 19.9 Å². The Kier molecular flexibility index (Phi) is 7.26. The first-order chi connectivity index (χ1) is 15.7.